The molecule has 2 unspecified atom stereocenters. The number of hydrogen-bond donors (Lipinski definition) is 2. The fourth-order valence-corrected chi connectivity index (χ4v) is 5.77. The minimum absolute atomic E-state index is 0.0792. The molecular weight excluding hydrogens is 448 g/mol. The normalized spacial score (nSPS) is 22.8. The van der Waals surface area contributed by atoms with Crippen LogP contribution < -0.4 is 5.32 Å². The second-order valence-corrected chi connectivity index (χ2v) is 9.62. The lowest BCUT2D eigenvalue weighted by molar-refractivity contribution is -0.146. The fraction of sp³-hybridized carbons (Fsp3) is 0.444. The minimum Gasteiger partial charge on any atom is -0.481 e. The minimum atomic E-state index is -1.16. The summed E-state index contributed by atoms with van der Waals surface area (Å²) in [5.74, 6) is -1.85. The molecule has 2 aromatic carbocycles. The molecule has 2 saturated heterocycles. The van der Waals surface area contributed by atoms with Crippen LogP contribution in [0, 0.1) is 5.92 Å². The number of hydrogen-bond acceptors (Lipinski definition) is 5. The molecule has 2 heterocycles. The summed E-state index contributed by atoms with van der Waals surface area (Å²) in [5.41, 5.74) is 3.35. The van der Waals surface area contributed by atoms with Gasteiger partial charge in [-0.2, -0.15) is 0 Å². The van der Waals surface area contributed by atoms with Gasteiger partial charge in [-0.15, -0.1) is 0 Å². The van der Waals surface area contributed by atoms with Crippen molar-refractivity contribution in [3.63, 3.8) is 0 Å². The Morgan fingerprint density at radius 3 is 2.23 bits per heavy atom. The largest absolute Gasteiger partial charge is 0.481 e. The Morgan fingerprint density at radius 1 is 1.06 bits per heavy atom. The van der Waals surface area contributed by atoms with Gasteiger partial charge >= 0.3 is 12.1 Å². The summed E-state index contributed by atoms with van der Waals surface area (Å²) in [6, 6.07) is 15.8. The van der Waals surface area contributed by atoms with E-state index < -0.39 is 29.6 Å². The van der Waals surface area contributed by atoms with E-state index in [1.54, 1.807) is 11.8 Å². The molecule has 2 atom stereocenters. The van der Waals surface area contributed by atoms with Crippen LogP contribution in [0.3, 0.4) is 0 Å². The van der Waals surface area contributed by atoms with Gasteiger partial charge in [-0.25, -0.2) is 4.79 Å². The maximum Gasteiger partial charge on any atom is 0.408 e. The Bertz CT molecular complexity index is 1100. The monoisotopic (exact) mass is 478 g/mol. The Kier molecular flexibility index (Phi) is 6.23. The van der Waals surface area contributed by atoms with E-state index in [1.165, 1.54) is 0 Å². The van der Waals surface area contributed by atoms with Crippen LogP contribution >= 0.6 is 0 Å². The van der Waals surface area contributed by atoms with Crippen LogP contribution in [0.25, 0.3) is 11.1 Å². The molecule has 184 valence electrons. The topological polar surface area (TPSA) is 105 Å². The lowest BCUT2D eigenvalue weighted by Crippen LogP contribution is -2.62. The molecule has 2 N–H and O–H groups in total. The summed E-state index contributed by atoms with van der Waals surface area (Å²) in [5, 5.41) is 12.3. The van der Waals surface area contributed by atoms with Crippen LogP contribution in [0.4, 0.5) is 4.79 Å². The van der Waals surface area contributed by atoms with Gasteiger partial charge < -0.3 is 24.8 Å². The number of benzene rings is 2. The highest BCUT2D eigenvalue weighted by Crippen LogP contribution is 2.44. The molecule has 0 aromatic heterocycles. The number of carboxylic acid groups (broad SMARTS) is 1. The first kappa shape index (κ1) is 23.4. The van der Waals surface area contributed by atoms with Gasteiger partial charge in [-0.3, -0.25) is 9.59 Å². The van der Waals surface area contributed by atoms with Gasteiger partial charge in [0, 0.05) is 44.6 Å². The van der Waals surface area contributed by atoms with E-state index in [-0.39, 0.29) is 18.4 Å². The zero-order valence-electron chi connectivity index (χ0n) is 19.7. The van der Waals surface area contributed by atoms with Crippen molar-refractivity contribution >= 4 is 18.0 Å². The number of ether oxygens (including phenoxy) is 2. The van der Waals surface area contributed by atoms with Crippen molar-refractivity contribution in [2.75, 3.05) is 26.4 Å². The van der Waals surface area contributed by atoms with Gasteiger partial charge in [0.1, 0.15) is 12.1 Å². The Balaban J connectivity index is 1.31. The molecule has 0 radical (unpaired) electrons. The Morgan fingerprint density at radius 2 is 1.66 bits per heavy atom. The number of rotatable bonds is 5. The third-order valence-corrected chi connectivity index (χ3v) is 7.77. The fourth-order valence-electron chi connectivity index (χ4n) is 5.77. The summed E-state index contributed by atoms with van der Waals surface area (Å²) in [4.78, 5) is 39.8. The summed E-state index contributed by atoms with van der Waals surface area (Å²) in [7, 11) is 0. The van der Waals surface area contributed by atoms with Gasteiger partial charge in [-0.1, -0.05) is 48.5 Å². The summed E-state index contributed by atoms with van der Waals surface area (Å²) in [6.45, 7) is 2.93. The van der Waals surface area contributed by atoms with Crippen LogP contribution in [-0.2, 0) is 19.1 Å². The van der Waals surface area contributed by atoms with Crippen LogP contribution in [0.15, 0.2) is 48.5 Å². The number of nitrogens with one attached hydrogen (secondary N) is 1. The molecule has 2 fully saturated rings. The number of alkyl carbamates (subject to hydrolysis) is 1. The third-order valence-electron chi connectivity index (χ3n) is 7.77. The standard InChI is InChI=1S/C27H30N2O6/c1-17-18(24(30)31)10-13-29(17)25(32)27(11-14-34-15-12-27)28-26(33)35-16-23-21-8-4-2-6-19(21)20-7-3-5-9-22(20)23/h2-9,17-18,23H,10-16H2,1H3,(H,28,33)(H,30,31). The predicted octanol–water partition coefficient (Wildman–Crippen LogP) is 3.40. The zero-order valence-corrected chi connectivity index (χ0v) is 19.7. The number of amides is 2. The van der Waals surface area contributed by atoms with Gasteiger partial charge in [-0.05, 0) is 35.6 Å². The van der Waals surface area contributed by atoms with Crippen molar-refractivity contribution in [1.82, 2.24) is 10.2 Å². The Labute approximate surface area is 204 Å². The number of carbonyl (C=O) groups is 3. The first-order valence-electron chi connectivity index (χ1n) is 12.2. The van der Waals surface area contributed by atoms with Gasteiger partial charge in [0.15, 0.2) is 0 Å². The van der Waals surface area contributed by atoms with E-state index in [1.807, 2.05) is 24.3 Å². The lowest BCUT2D eigenvalue weighted by Gasteiger charge is -2.40. The number of likely N-dealkylation sites (tertiary alicyclic amines) is 1. The summed E-state index contributed by atoms with van der Waals surface area (Å²) < 4.78 is 11.2. The maximum absolute atomic E-state index is 13.6. The summed E-state index contributed by atoms with van der Waals surface area (Å²) >= 11 is 0. The van der Waals surface area contributed by atoms with Crippen molar-refractivity contribution < 1.29 is 29.0 Å². The van der Waals surface area contributed by atoms with Crippen LogP contribution in [0.1, 0.15) is 43.2 Å². The molecule has 8 heteroatoms. The molecule has 3 aliphatic rings. The number of carbonyl (C=O) groups excluding carboxylic acids is 2. The molecule has 0 bridgehead atoms. The highest BCUT2D eigenvalue weighted by molar-refractivity contribution is 5.91. The molecule has 2 amide bonds. The zero-order chi connectivity index (χ0) is 24.6. The van der Waals surface area contributed by atoms with Crippen molar-refractivity contribution in [3.8, 4) is 11.1 Å². The van der Waals surface area contributed by atoms with E-state index in [0.717, 1.165) is 22.3 Å². The SMILES string of the molecule is CC1C(C(=O)O)CCN1C(=O)C1(NC(=O)OCC2c3ccccc3-c3ccccc32)CCOCC1. The average molecular weight is 479 g/mol. The average Bonchev–Trinajstić information content (AvgIpc) is 3.41. The number of nitrogens with zero attached hydrogens (tertiary/aromatic N) is 1. The van der Waals surface area contributed by atoms with Crippen molar-refractivity contribution in [1.29, 1.82) is 0 Å². The molecule has 8 nitrogen and oxygen atoms in total. The molecule has 2 aliphatic heterocycles. The van der Waals surface area contributed by atoms with Gasteiger partial charge in [0.25, 0.3) is 0 Å². The quantitative estimate of drug-likeness (QED) is 0.683. The highest BCUT2D eigenvalue weighted by atomic mass is 16.5. The van der Waals surface area contributed by atoms with E-state index in [2.05, 4.69) is 29.6 Å². The van der Waals surface area contributed by atoms with Crippen LogP contribution in [-0.4, -0.2) is 65.9 Å². The maximum atomic E-state index is 13.6. The first-order chi connectivity index (χ1) is 16.9. The van der Waals surface area contributed by atoms with Crippen molar-refractivity contribution in [2.24, 2.45) is 5.92 Å². The second-order valence-electron chi connectivity index (χ2n) is 9.62. The molecule has 2 aromatic rings. The van der Waals surface area contributed by atoms with E-state index >= 15 is 0 Å². The van der Waals surface area contributed by atoms with E-state index in [0.29, 0.717) is 39.0 Å². The summed E-state index contributed by atoms with van der Waals surface area (Å²) in [6.07, 6.45) is 0.386. The number of carboxylic acids is 1. The smallest absolute Gasteiger partial charge is 0.408 e. The number of fused-ring (bicyclic) bond motifs is 3. The van der Waals surface area contributed by atoms with Crippen molar-refractivity contribution in [3.05, 3.63) is 59.7 Å². The molecule has 35 heavy (non-hydrogen) atoms. The van der Waals surface area contributed by atoms with Crippen LogP contribution in [0.5, 0.6) is 0 Å². The lowest BCUT2D eigenvalue weighted by atomic mass is 9.88. The number of aliphatic carboxylic acids is 1. The molecule has 5 rings (SSSR count). The second kappa shape index (κ2) is 9.34. The third kappa shape index (κ3) is 4.16. The molecule has 0 saturated carbocycles. The molecular formula is C27H30N2O6. The highest BCUT2D eigenvalue weighted by Gasteiger charge is 2.49. The molecule has 1 aliphatic carbocycles. The molecule has 0 spiro atoms. The van der Waals surface area contributed by atoms with Gasteiger partial charge in [0.05, 0.1) is 5.92 Å². The van der Waals surface area contributed by atoms with Crippen molar-refractivity contribution in [2.45, 2.75) is 43.7 Å². The first-order valence-corrected chi connectivity index (χ1v) is 12.2. The predicted molar refractivity (Wildman–Crippen MR) is 128 cm³/mol. The van der Waals surface area contributed by atoms with E-state index in [9.17, 15) is 19.5 Å². The van der Waals surface area contributed by atoms with Crippen LogP contribution in [0.2, 0.25) is 0 Å². The van der Waals surface area contributed by atoms with Gasteiger partial charge in [0.2, 0.25) is 5.91 Å². The van der Waals surface area contributed by atoms with E-state index in [4.69, 9.17) is 9.47 Å². The Hall–Kier alpha value is -3.39.